The van der Waals surface area contributed by atoms with Crippen molar-refractivity contribution in [3.05, 3.63) is 75.2 Å². The molecule has 9 rings (SSSR count). The Labute approximate surface area is 355 Å². The number of piperidine rings is 1. The summed E-state index contributed by atoms with van der Waals surface area (Å²) in [4.78, 5) is 94.9. The second-order valence-electron chi connectivity index (χ2n) is 16.1. The number of imide groups is 2. The summed E-state index contributed by atoms with van der Waals surface area (Å²) in [5.41, 5.74) is 2.61. The molecule has 7 heterocycles. The Morgan fingerprint density at radius 3 is 2.44 bits per heavy atom. The summed E-state index contributed by atoms with van der Waals surface area (Å²) < 4.78 is 7.17. The third-order valence-corrected chi connectivity index (χ3v) is 12.6. The number of rotatable bonds is 12. The standard InChI is InChI=1S/C42H46ClN11O7/c1-3-53-32-7-4-26(14-25(32)15-34(41(53)60)61-23-36(56)44-2)46-37-31(43)17-45-42(48-37)50-12-10-49(11-13-50)18-24-19-51(20-24)28-21-52(22-28)27-5-6-29-30(16-27)40(59)54(39(29)58)33-8-9-35(55)47-38(33)57/h4-7,14-17,24,28,33H,3,8-13,18-23H2,1-2H3,(H,44,56)(H,45,46,48)(H,47,55,57). The molecule has 4 aromatic rings. The van der Waals surface area contributed by atoms with E-state index in [1.807, 2.05) is 31.2 Å². The highest BCUT2D eigenvalue weighted by Crippen LogP contribution is 2.34. The zero-order valence-electron chi connectivity index (χ0n) is 33.9. The Balaban J connectivity index is 0.746. The molecule has 4 saturated heterocycles. The van der Waals surface area contributed by atoms with Crippen LogP contribution in [0.5, 0.6) is 5.75 Å². The van der Waals surface area contributed by atoms with Crippen molar-refractivity contribution in [3.8, 4) is 5.75 Å². The highest BCUT2D eigenvalue weighted by atomic mass is 35.5. The number of nitrogens with zero attached hydrogens (tertiary/aromatic N) is 8. The first-order valence-corrected chi connectivity index (χ1v) is 21.0. The molecule has 1 unspecified atom stereocenters. The van der Waals surface area contributed by atoms with Crippen LogP contribution in [0.2, 0.25) is 5.02 Å². The van der Waals surface area contributed by atoms with Gasteiger partial charge in [-0.05, 0) is 61.7 Å². The van der Waals surface area contributed by atoms with Gasteiger partial charge in [0.2, 0.25) is 17.8 Å². The molecule has 19 heteroatoms. The maximum atomic E-state index is 13.3. The summed E-state index contributed by atoms with van der Waals surface area (Å²) >= 11 is 6.57. The molecule has 5 aliphatic heterocycles. The maximum absolute atomic E-state index is 13.3. The number of likely N-dealkylation sites (tertiary alicyclic amines) is 1. The van der Waals surface area contributed by atoms with Crippen molar-refractivity contribution < 1.29 is 28.7 Å². The summed E-state index contributed by atoms with van der Waals surface area (Å²) in [5, 5.41) is 9.17. The predicted octanol–water partition coefficient (Wildman–Crippen LogP) is 1.68. The van der Waals surface area contributed by atoms with E-state index >= 15 is 0 Å². The van der Waals surface area contributed by atoms with Gasteiger partial charge in [-0.3, -0.25) is 48.8 Å². The van der Waals surface area contributed by atoms with E-state index in [4.69, 9.17) is 21.3 Å². The Morgan fingerprint density at radius 2 is 1.70 bits per heavy atom. The topological polar surface area (TPSA) is 195 Å². The highest BCUT2D eigenvalue weighted by molar-refractivity contribution is 6.33. The number of ether oxygens (including phenoxy) is 1. The number of aromatic nitrogens is 3. The lowest BCUT2D eigenvalue weighted by Crippen LogP contribution is -2.66. The number of likely N-dealkylation sites (N-methyl/N-ethyl adjacent to an activating group) is 1. The maximum Gasteiger partial charge on any atom is 0.293 e. The molecule has 1 atom stereocenters. The zero-order valence-corrected chi connectivity index (χ0v) is 34.6. The van der Waals surface area contributed by atoms with E-state index in [2.05, 4.69) is 40.5 Å². The molecule has 0 radical (unpaired) electrons. The Kier molecular flexibility index (Phi) is 10.8. The van der Waals surface area contributed by atoms with Crippen molar-refractivity contribution in [2.24, 2.45) is 5.92 Å². The number of halogens is 1. The smallest absolute Gasteiger partial charge is 0.293 e. The van der Waals surface area contributed by atoms with Crippen LogP contribution >= 0.6 is 11.6 Å². The number of fused-ring (bicyclic) bond motifs is 2. The van der Waals surface area contributed by atoms with Crippen molar-refractivity contribution in [2.45, 2.75) is 38.4 Å². The summed E-state index contributed by atoms with van der Waals surface area (Å²) in [6.45, 7) is 10.1. The van der Waals surface area contributed by atoms with Gasteiger partial charge < -0.3 is 29.7 Å². The van der Waals surface area contributed by atoms with Crippen molar-refractivity contribution >= 4 is 75.2 Å². The molecule has 2 aromatic heterocycles. The minimum atomic E-state index is -0.977. The number of nitrogens with one attached hydrogen (secondary N) is 3. The average molecular weight is 852 g/mol. The largest absolute Gasteiger partial charge is 0.478 e. The molecular formula is C42H46ClN11O7. The van der Waals surface area contributed by atoms with Crippen molar-refractivity contribution in [1.29, 1.82) is 0 Å². The van der Waals surface area contributed by atoms with Crippen molar-refractivity contribution in [3.63, 3.8) is 0 Å². The number of benzene rings is 2. The fourth-order valence-corrected chi connectivity index (χ4v) is 9.02. The molecule has 0 aliphatic carbocycles. The van der Waals surface area contributed by atoms with Crippen LogP contribution in [-0.4, -0.2) is 143 Å². The van der Waals surface area contributed by atoms with E-state index in [1.165, 1.54) is 7.05 Å². The minimum absolute atomic E-state index is 0.0870. The number of hydrogen-bond donors (Lipinski definition) is 3. The van der Waals surface area contributed by atoms with Gasteiger partial charge in [0.15, 0.2) is 18.2 Å². The van der Waals surface area contributed by atoms with Crippen LogP contribution in [-0.2, 0) is 20.9 Å². The zero-order chi connectivity index (χ0) is 42.5. The highest BCUT2D eigenvalue weighted by Gasteiger charge is 2.46. The number of piperazine rings is 1. The van der Waals surface area contributed by atoms with Crippen LogP contribution in [0, 0.1) is 5.92 Å². The monoisotopic (exact) mass is 851 g/mol. The normalized spacial score (nSPS) is 20.1. The first-order chi connectivity index (χ1) is 29.5. The van der Waals surface area contributed by atoms with Gasteiger partial charge in [0, 0.05) is 102 Å². The summed E-state index contributed by atoms with van der Waals surface area (Å²) in [5.74, 6) is -0.600. The molecule has 318 valence electrons. The molecule has 5 amide bonds. The SMILES string of the molecule is CCn1c(=O)c(OCC(=O)NC)cc2cc(Nc3nc(N4CCN(CC5CN(C6CN(c7ccc8c(c7)C(=O)N(C7CCC(=O)NC7=O)C8=O)C6)C5)CC4)ncc3Cl)ccc21. The van der Waals surface area contributed by atoms with E-state index in [1.54, 1.807) is 29.0 Å². The van der Waals surface area contributed by atoms with Crippen molar-refractivity contribution in [2.75, 3.05) is 87.7 Å². The van der Waals surface area contributed by atoms with Gasteiger partial charge in [-0.2, -0.15) is 4.98 Å². The molecule has 0 saturated carbocycles. The molecule has 0 bridgehead atoms. The second-order valence-corrected chi connectivity index (χ2v) is 16.5. The third-order valence-electron chi connectivity index (χ3n) is 12.3. The molecule has 0 spiro atoms. The number of amides is 5. The van der Waals surface area contributed by atoms with Gasteiger partial charge in [-0.1, -0.05) is 11.6 Å². The lowest BCUT2D eigenvalue weighted by molar-refractivity contribution is -0.136. The minimum Gasteiger partial charge on any atom is -0.478 e. The molecule has 2 aromatic carbocycles. The quantitative estimate of drug-likeness (QED) is 0.174. The van der Waals surface area contributed by atoms with Crippen LogP contribution in [0.1, 0.15) is 40.5 Å². The number of aryl methyl sites for hydroxylation is 1. The summed E-state index contributed by atoms with van der Waals surface area (Å²) in [6, 6.07) is 12.0. The van der Waals surface area contributed by atoms with Crippen LogP contribution in [0.3, 0.4) is 0 Å². The fourth-order valence-electron chi connectivity index (χ4n) is 8.88. The first kappa shape index (κ1) is 40.3. The predicted molar refractivity (Wildman–Crippen MR) is 227 cm³/mol. The van der Waals surface area contributed by atoms with Crippen molar-refractivity contribution in [1.82, 2.24) is 39.9 Å². The van der Waals surface area contributed by atoms with Crippen LogP contribution in [0.4, 0.5) is 23.1 Å². The van der Waals surface area contributed by atoms with Gasteiger partial charge in [0.25, 0.3) is 23.3 Å². The van der Waals surface area contributed by atoms with E-state index in [0.717, 1.165) is 80.4 Å². The number of carbonyl (C=O) groups excluding carboxylic acids is 5. The Morgan fingerprint density at radius 1 is 0.934 bits per heavy atom. The number of hydrogen-bond acceptors (Lipinski definition) is 14. The molecular weight excluding hydrogens is 806 g/mol. The lowest BCUT2D eigenvalue weighted by Gasteiger charge is -2.53. The van der Waals surface area contributed by atoms with E-state index in [9.17, 15) is 28.8 Å². The molecule has 18 nitrogen and oxygen atoms in total. The lowest BCUT2D eigenvalue weighted by atomic mass is 9.93. The van der Waals surface area contributed by atoms with Gasteiger partial charge in [0.05, 0.1) is 22.8 Å². The number of carbonyl (C=O) groups is 5. The number of anilines is 4. The van der Waals surface area contributed by atoms with E-state index < -0.39 is 29.7 Å². The summed E-state index contributed by atoms with van der Waals surface area (Å²) in [7, 11) is 1.51. The Hall–Kier alpha value is -6.11. The Bertz CT molecular complexity index is 2510. The summed E-state index contributed by atoms with van der Waals surface area (Å²) in [6.07, 6.45) is 1.82. The molecule has 61 heavy (non-hydrogen) atoms. The molecule has 5 aliphatic rings. The van der Waals surface area contributed by atoms with E-state index in [0.29, 0.717) is 46.5 Å². The van der Waals surface area contributed by atoms with Gasteiger partial charge >= 0.3 is 0 Å². The first-order valence-electron chi connectivity index (χ1n) is 20.6. The van der Waals surface area contributed by atoms with E-state index in [-0.39, 0.29) is 42.2 Å². The van der Waals surface area contributed by atoms with Gasteiger partial charge in [0.1, 0.15) is 11.1 Å². The molecule has 4 fully saturated rings. The van der Waals surface area contributed by atoms with Gasteiger partial charge in [-0.25, -0.2) is 4.98 Å². The van der Waals surface area contributed by atoms with Gasteiger partial charge in [-0.15, -0.1) is 0 Å². The van der Waals surface area contributed by atoms with Crippen LogP contribution in [0.25, 0.3) is 10.9 Å². The fraction of sp³-hybridized carbons (Fsp3) is 0.429. The van der Waals surface area contributed by atoms with Crippen LogP contribution < -0.4 is 36.0 Å². The third kappa shape index (κ3) is 7.74. The number of pyridine rings is 1. The molecule has 3 N–H and O–H groups in total. The average Bonchev–Trinajstić information content (AvgIpc) is 3.47. The van der Waals surface area contributed by atoms with Crippen LogP contribution in [0.15, 0.2) is 53.5 Å². The second kappa shape index (κ2) is 16.4.